The molecule has 84 valence electrons. The molecule has 1 aliphatic heterocycles. The van der Waals surface area contributed by atoms with Gasteiger partial charge in [-0.3, -0.25) is 0 Å². The van der Waals surface area contributed by atoms with Crippen LogP contribution >= 0.6 is 0 Å². The van der Waals surface area contributed by atoms with E-state index in [0.29, 0.717) is 17.6 Å². The smallest absolute Gasteiger partial charge is 0.640 e. The first-order valence-corrected chi connectivity index (χ1v) is 5.01. The quantitative estimate of drug-likeness (QED) is 0.411. The van der Waals surface area contributed by atoms with E-state index in [1.54, 1.807) is 25.1 Å². The Hall–Kier alpha value is -1.11. The van der Waals surface area contributed by atoms with Crippen LogP contribution in [0.3, 0.4) is 0 Å². The summed E-state index contributed by atoms with van der Waals surface area (Å²) in [7, 11) is 0. The molecule has 0 fully saturated rings. The fourth-order valence-corrected chi connectivity index (χ4v) is 1.64. The van der Waals surface area contributed by atoms with Crippen molar-refractivity contribution in [3.8, 4) is 0 Å². The SMILES string of the molecule is CC1=C(F)[N-]C=CC1Cc1cccnc1F.[Li+]. The molecular formula is C12H11F2LiN2. The summed E-state index contributed by atoms with van der Waals surface area (Å²) in [6.07, 6.45) is 4.99. The predicted octanol–water partition coefficient (Wildman–Crippen LogP) is 0.485. The Bertz CT molecular complexity index is 458. The van der Waals surface area contributed by atoms with Crippen molar-refractivity contribution in [3.05, 3.63) is 59.0 Å². The number of hydrogen-bond acceptors (Lipinski definition) is 1. The molecule has 1 atom stereocenters. The molecule has 1 aromatic rings. The molecule has 5 heteroatoms. The van der Waals surface area contributed by atoms with E-state index in [1.807, 2.05) is 0 Å². The van der Waals surface area contributed by atoms with Crippen LogP contribution in [0.1, 0.15) is 12.5 Å². The molecule has 0 N–H and O–H groups in total. The Morgan fingerprint density at radius 2 is 2.18 bits per heavy atom. The minimum absolute atomic E-state index is 0. The molecule has 0 bridgehead atoms. The monoisotopic (exact) mass is 228 g/mol. The second-order valence-electron chi connectivity index (χ2n) is 3.71. The summed E-state index contributed by atoms with van der Waals surface area (Å²) in [4.78, 5) is 3.56. The molecule has 0 saturated heterocycles. The number of pyridine rings is 1. The normalized spacial score (nSPS) is 18.6. The molecule has 1 aliphatic rings. The topological polar surface area (TPSA) is 27.0 Å². The Labute approximate surface area is 111 Å². The summed E-state index contributed by atoms with van der Waals surface area (Å²) >= 11 is 0. The molecule has 1 unspecified atom stereocenters. The maximum absolute atomic E-state index is 13.3. The van der Waals surface area contributed by atoms with Crippen molar-refractivity contribution in [2.75, 3.05) is 0 Å². The third kappa shape index (κ3) is 3.18. The van der Waals surface area contributed by atoms with Gasteiger partial charge < -0.3 is 5.32 Å². The number of halogens is 2. The standard InChI is InChI=1S/C12H11F2N2.Li/c1-8-9(4-6-16-11(8)13)7-10-3-2-5-15-12(10)14;/h2-6,9H,7H2,1H3;/q-1;+1. The summed E-state index contributed by atoms with van der Waals surface area (Å²) in [6.45, 7) is 1.67. The first-order valence-electron chi connectivity index (χ1n) is 5.01. The Balaban J connectivity index is 0.00000144. The summed E-state index contributed by atoms with van der Waals surface area (Å²) in [5.41, 5.74) is 1.02. The maximum Gasteiger partial charge on any atom is 1.00 e. The van der Waals surface area contributed by atoms with Crippen LogP contribution < -0.4 is 18.9 Å². The van der Waals surface area contributed by atoms with Crippen LogP contribution in [-0.2, 0) is 6.42 Å². The largest absolute Gasteiger partial charge is 1.00 e. The molecule has 2 rings (SSSR count). The molecule has 2 heterocycles. The van der Waals surface area contributed by atoms with E-state index in [0.717, 1.165) is 0 Å². The maximum atomic E-state index is 13.3. The fraction of sp³-hybridized carbons (Fsp3) is 0.250. The van der Waals surface area contributed by atoms with Crippen molar-refractivity contribution in [2.45, 2.75) is 13.3 Å². The van der Waals surface area contributed by atoms with Crippen molar-refractivity contribution in [1.29, 1.82) is 0 Å². The van der Waals surface area contributed by atoms with Gasteiger partial charge in [-0.15, -0.1) is 0 Å². The van der Waals surface area contributed by atoms with Gasteiger partial charge >= 0.3 is 18.9 Å². The van der Waals surface area contributed by atoms with Gasteiger partial charge in [-0.2, -0.15) is 10.6 Å². The van der Waals surface area contributed by atoms with Gasteiger partial charge in [0.25, 0.3) is 0 Å². The Kier molecular flexibility index (Phi) is 4.92. The second kappa shape index (κ2) is 5.99. The minimum Gasteiger partial charge on any atom is -0.640 e. The molecule has 0 spiro atoms. The Morgan fingerprint density at radius 3 is 2.88 bits per heavy atom. The zero-order valence-electron chi connectivity index (χ0n) is 9.82. The molecule has 0 radical (unpaired) electrons. The van der Waals surface area contributed by atoms with Crippen molar-refractivity contribution in [1.82, 2.24) is 4.98 Å². The van der Waals surface area contributed by atoms with Crippen molar-refractivity contribution in [3.63, 3.8) is 0 Å². The van der Waals surface area contributed by atoms with Gasteiger partial charge in [0.05, 0.1) is 0 Å². The van der Waals surface area contributed by atoms with E-state index in [2.05, 4.69) is 10.3 Å². The van der Waals surface area contributed by atoms with E-state index >= 15 is 0 Å². The van der Waals surface area contributed by atoms with E-state index in [9.17, 15) is 8.78 Å². The van der Waals surface area contributed by atoms with Crippen molar-refractivity contribution >= 4 is 0 Å². The average molecular weight is 228 g/mol. The van der Waals surface area contributed by atoms with Gasteiger partial charge in [0.15, 0.2) is 0 Å². The molecule has 2 nitrogen and oxygen atoms in total. The molecular weight excluding hydrogens is 217 g/mol. The number of allylic oxidation sites excluding steroid dienone is 2. The molecule has 0 aliphatic carbocycles. The molecule has 17 heavy (non-hydrogen) atoms. The van der Waals surface area contributed by atoms with Crippen molar-refractivity contribution in [2.24, 2.45) is 5.92 Å². The van der Waals surface area contributed by atoms with E-state index in [-0.39, 0.29) is 24.8 Å². The first-order chi connectivity index (χ1) is 7.68. The molecule has 1 aromatic heterocycles. The Morgan fingerprint density at radius 1 is 1.41 bits per heavy atom. The van der Waals surface area contributed by atoms with Crippen LogP contribution in [0.4, 0.5) is 8.78 Å². The fourth-order valence-electron chi connectivity index (χ4n) is 1.64. The number of rotatable bonds is 2. The summed E-state index contributed by atoms with van der Waals surface area (Å²) in [5, 5.41) is 3.55. The number of nitrogens with zero attached hydrogens (tertiary/aromatic N) is 2. The molecule has 0 saturated carbocycles. The summed E-state index contributed by atoms with van der Waals surface area (Å²) < 4.78 is 26.5. The van der Waals surface area contributed by atoms with Gasteiger partial charge in [0.2, 0.25) is 5.95 Å². The van der Waals surface area contributed by atoms with Crippen LogP contribution in [-0.4, -0.2) is 4.98 Å². The molecule has 0 aromatic carbocycles. The average Bonchev–Trinajstić information content (AvgIpc) is 2.28. The minimum atomic E-state index is -0.494. The summed E-state index contributed by atoms with van der Waals surface area (Å²) in [6, 6.07) is 3.33. The van der Waals surface area contributed by atoms with E-state index in [4.69, 9.17) is 0 Å². The number of aromatic nitrogens is 1. The van der Waals surface area contributed by atoms with E-state index < -0.39 is 11.9 Å². The van der Waals surface area contributed by atoms with Gasteiger partial charge in [0, 0.05) is 23.6 Å². The first kappa shape index (κ1) is 14.0. The zero-order valence-corrected chi connectivity index (χ0v) is 9.82. The van der Waals surface area contributed by atoms with Gasteiger partial charge in [-0.05, 0) is 19.4 Å². The third-order valence-corrected chi connectivity index (χ3v) is 2.66. The van der Waals surface area contributed by atoms with Gasteiger partial charge in [-0.25, -0.2) is 9.37 Å². The third-order valence-electron chi connectivity index (χ3n) is 2.66. The van der Waals surface area contributed by atoms with Gasteiger partial charge in [0.1, 0.15) is 0 Å². The van der Waals surface area contributed by atoms with Crippen LogP contribution in [0.5, 0.6) is 0 Å². The van der Waals surface area contributed by atoms with E-state index in [1.165, 1.54) is 12.4 Å². The van der Waals surface area contributed by atoms with Crippen LogP contribution in [0.25, 0.3) is 5.32 Å². The number of hydrogen-bond donors (Lipinski definition) is 0. The van der Waals surface area contributed by atoms with Crippen LogP contribution in [0, 0.1) is 11.9 Å². The summed E-state index contributed by atoms with van der Waals surface area (Å²) in [5.74, 6) is -1.11. The van der Waals surface area contributed by atoms with Crippen LogP contribution in [0.15, 0.2) is 42.1 Å². The van der Waals surface area contributed by atoms with Crippen LogP contribution in [0.2, 0.25) is 0 Å². The predicted molar refractivity (Wildman–Crippen MR) is 57.7 cm³/mol. The van der Waals surface area contributed by atoms with Crippen molar-refractivity contribution < 1.29 is 27.6 Å². The van der Waals surface area contributed by atoms with Gasteiger partial charge in [-0.1, -0.05) is 17.7 Å². The molecule has 0 amide bonds. The second-order valence-corrected chi connectivity index (χ2v) is 3.71. The zero-order chi connectivity index (χ0) is 11.5.